The first-order chi connectivity index (χ1) is 9.78. The fraction of sp³-hybridized carbons (Fsp3) is 0.0667. The Morgan fingerprint density at radius 2 is 1.80 bits per heavy atom. The molecule has 0 fully saturated rings. The molecular weight excluding hydrogens is 270 g/mol. The van der Waals surface area contributed by atoms with Gasteiger partial charge in [0.05, 0.1) is 5.56 Å². The Labute approximate surface area is 121 Å². The smallest absolute Gasteiger partial charge is 0.260 e. The molecule has 1 heterocycles. The van der Waals surface area contributed by atoms with Crippen LogP contribution >= 0.6 is 11.8 Å². The Balaban J connectivity index is 1.95. The van der Waals surface area contributed by atoms with Crippen LogP contribution in [0.2, 0.25) is 0 Å². The van der Waals surface area contributed by atoms with Crippen molar-refractivity contribution in [1.82, 2.24) is 10.1 Å². The summed E-state index contributed by atoms with van der Waals surface area (Å²) in [5.41, 5.74) is 8.21. The van der Waals surface area contributed by atoms with Crippen molar-refractivity contribution in [3.63, 3.8) is 0 Å². The lowest BCUT2D eigenvalue weighted by molar-refractivity contribution is 0.432. The number of nitrogens with zero attached hydrogens (tertiary/aromatic N) is 2. The van der Waals surface area contributed by atoms with Gasteiger partial charge in [-0.25, -0.2) is 0 Å². The van der Waals surface area contributed by atoms with Gasteiger partial charge in [-0.1, -0.05) is 17.3 Å². The number of aromatic nitrogens is 2. The van der Waals surface area contributed by atoms with Crippen LogP contribution in [0.5, 0.6) is 0 Å². The van der Waals surface area contributed by atoms with E-state index in [0.29, 0.717) is 17.4 Å². The molecule has 0 saturated heterocycles. The fourth-order valence-corrected chi connectivity index (χ4v) is 2.29. The summed E-state index contributed by atoms with van der Waals surface area (Å²) in [6.45, 7) is 0. The third-order valence-corrected chi connectivity index (χ3v) is 3.71. The van der Waals surface area contributed by atoms with E-state index in [0.717, 1.165) is 11.1 Å². The van der Waals surface area contributed by atoms with Gasteiger partial charge < -0.3 is 10.3 Å². The maximum absolute atomic E-state index is 5.91. The van der Waals surface area contributed by atoms with Gasteiger partial charge in [0, 0.05) is 16.1 Å². The summed E-state index contributed by atoms with van der Waals surface area (Å²) in [5.74, 6) is 1.00. The fourth-order valence-electron chi connectivity index (χ4n) is 1.88. The van der Waals surface area contributed by atoms with Crippen molar-refractivity contribution in [3.8, 4) is 22.8 Å². The normalized spacial score (nSPS) is 10.7. The monoisotopic (exact) mass is 283 g/mol. The summed E-state index contributed by atoms with van der Waals surface area (Å²) in [6.07, 6.45) is 2.04. The van der Waals surface area contributed by atoms with Crippen LogP contribution < -0.4 is 5.73 Å². The SMILES string of the molecule is CSc1ccc(-c2noc(-c3ccccc3N)n2)cc1. The molecule has 1 aromatic heterocycles. The van der Waals surface area contributed by atoms with Gasteiger partial charge in [-0.3, -0.25) is 0 Å². The average Bonchev–Trinajstić information content (AvgIpc) is 2.97. The van der Waals surface area contributed by atoms with Crippen molar-refractivity contribution in [1.29, 1.82) is 0 Å². The zero-order valence-corrected chi connectivity index (χ0v) is 11.7. The molecule has 0 atom stereocenters. The highest BCUT2D eigenvalue weighted by Crippen LogP contribution is 2.27. The van der Waals surface area contributed by atoms with Gasteiger partial charge in [0.25, 0.3) is 5.89 Å². The number of thioether (sulfide) groups is 1. The molecule has 3 rings (SSSR count). The lowest BCUT2D eigenvalue weighted by Crippen LogP contribution is -1.89. The number of nitrogens with two attached hydrogens (primary N) is 1. The second-order valence-corrected chi connectivity index (χ2v) is 5.12. The van der Waals surface area contributed by atoms with E-state index in [4.69, 9.17) is 10.3 Å². The third kappa shape index (κ3) is 2.40. The van der Waals surface area contributed by atoms with Crippen molar-refractivity contribution in [3.05, 3.63) is 48.5 Å². The molecule has 2 N–H and O–H groups in total. The molecule has 0 saturated carbocycles. The topological polar surface area (TPSA) is 64.9 Å². The van der Waals surface area contributed by atoms with Crippen molar-refractivity contribution < 1.29 is 4.52 Å². The van der Waals surface area contributed by atoms with Crippen LogP contribution in [0.1, 0.15) is 0 Å². The maximum atomic E-state index is 5.91. The standard InChI is InChI=1S/C15H13N3OS/c1-20-11-8-6-10(7-9-11)14-17-15(19-18-14)12-4-2-3-5-13(12)16/h2-9H,16H2,1H3. The summed E-state index contributed by atoms with van der Waals surface area (Å²) in [6, 6.07) is 15.5. The quantitative estimate of drug-likeness (QED) is 0.586. The molecule has 4 nitrogen and oxygen atoms in total. The first-order valence-electron chi connectivity index (χ1n) is 6.11. The minimum absolute atomic E-state index is 0.437. The second-order valence-electron chi connectivity index (χ2n) is 4.24. The van der Waals surface area contributed by atoms with E-state index in [1.54, 1.807) is 11.8 Å². The van der Waals surface area contributed by atoms with Crippen molar-refractivity contribution in [2.75, 3.05) is 12.0 Å². The van der Waals surface area contributed by atoms with Gasteiger partial charge in [0.1, 0.15) is 0 Å². The number of para-hydroxylation sites is 1. The largest absolute Gasteiger partial charge is 0.398 e. The Kier molecular flexibility index (Phi) is 3.43. The molecule has 2 aromatic carbocycles. The number of nitrogen functional groups attached to an aromatic ring is 1. The minimum atomic E-state index is 0.437. The van der Waals surface area contributed by atoms with E-state index in [1.807, 2.05) is 54.8 Å². The Bertz CT molecular complexity index is 722. The van der Waals surface area contributed by atoms with Crippen molar-refractivity contribution in [2.45, 2.75) is 4.90 Å². The summed E-state index contributed by atoms with van der Waals surface area (Å²) >= 11 is 1.70. The molecule has 0 amide bonds. The zero-order chi connectivity index (χ0) is 13.9. The molecule has 20 heavy (non-hydrogen) atoms. The Morgan fingerprint density at radius 3 is 2.50 bits per heavy atom. The van der Waals surface area contributed by atoms with Gasteiger partial charge in [-0.15, -0.1) is 11.8 Å². The predicted molar refractivity (Wildman–Crippen MR) is 81.4 cm³/mol. The van der Waals surface area contributed by atoms with Crippen LogP contribution in [0.3, 0.4) is 0 Å². The molecular formula is C15H13N3OS. The number of hydrogen-bond donors (Lipinski definition) is 1. The first-order valence-corrected chi connectivity index (χ1v) is 7.33. The van der Waals surface area contributed by atoms with Crippen LogP contribution in [0.4, 0.5) is 5.69 Å². The van der Waals surface area contributed by atoms with Gasteiger partial charge >= 0.3 is 0 Å². The van der Waals surface area contributed by atoms with Gasteiger partial charge in [-0.05, 0) is 42.7 Å². The third-order valence-electron chi connectivity index (χ3n) is 2.97. The number of hydrogen-bond acceptors (Lipinski definition) is 5. The Morgan fingerprint density at radius 1 is 1.05 bits per heavy atom. The van der Waals surface area contributed by atoms with E-state index in [9.17, 15) is 0 Å². The lowest BCUT2D eigenvalue weighted by atomic mass is 10.2. The first kappa shape index (κ1) is 12.7. The molecule has 5 heteroatoms. The summed E-state index contributed by atoms with van der Waals surface area (Å²) < 4.78 is 5.30. The molecule has 3 aromatic rings. The molecule has 100 valence electrons. The molecule has 0 radical (unpaired) electrons. The highest BCUT2D eigenvalue weighted by molar-refractivity contribution is 7.98. The van der Waals surface area contributed by atoms with Gasteiger partial charge in [-0.2, -0.15) is 4.98 Å². The Hall–Kier alpha value is -2.27. The van der Waals surface area contributed by atoms with E-state index < -0.39 is 0 Å². The molecule has 0 spiro atoms. The number of anilines is 1. The lowest BCUT2D eigenvalue weighted by Gasteiger charge is -1.98. The van der Waals surface area contributed by atoms with Crippen molar-refractivity contribution in [2.24, 2.45) is 0 Å². The molecule has 0 aliphatic carbocycles. The number of rotatable bonds is 3. The van der Waals surface area contributed by atoms with Crippen molar-refractivity contribution >= 4 is 17.4 Å². The molecule has 0 aliphatic rings. The number of benzene rings is 2. The second kappa shape index (κ2) is 5.38. The van der Waals surface area contributed by atoms with Crippen LogP contribution in [0, 0.1) is 0 Å². The van der Waals surface area contributed by atoms with Crippen LogP contribution in [0.15, 0.2) is 57.9 Å². The van der Waals surface area contributed by atoms with Gasteiger partial charge in [0.15, 0.2) is 0 Å². The minimum Gasteiger partial charge on any atom is -0.398 e. The highest BCUT2D eigenvalue weighted by Gasteiger charge is 2.12. The van der Waals surface area contributed by atoms with E-state index in [2.05, 4.69) is 10.1 Å². The molecule has 0 unspecified atom stereocenters. The van der Waals surface area contributed by atoms with E-state index in [-0.39, 0.29) is 0 Å². The predicted octanol–water partition coefficient (Wildman–Crippen LogP) is 3.71. The maximum Gasteiger partial charge on any atom is 0.260 e. The van der Waals surface area contributed by atoms with Crippen LogP contribution in [-0.4, -0.2) is 16.4 Å². The zero-order valence-electron chi connectivity index (χ0n) is 10.9. The summed E-state index contributed by atoms with van der Waals surface area (Å²) in [5, 5.41) is 4.01. The van der Waals surface area contributed by atoms with E-state index in [1.165, 1.54) is 4.90 Å². The summed E-state index contributed by atoms with van der Waals surface area (Å²) in [7, 11) is 0. The van der Waals surface area contributed by atoms with E-state index >= 15 is 0 Å². The summed E-state index contributed by atoms with van der Waals surface area (Å²) in [4.78, 5) is 5.60. The highest BCUT2D eigenvalue weighted by atomic mass is 32.2. The average molecular weight is 283 g/mol. The molecule has 0 aliphatic heterocycles. The van der Waals surface area contributed by atoms with Crippen LogP contribution in [-0.2, 0) is 0 Å². The molecule has 0 bridgehead atoms. The van der Waals surface area contributed by atoms with Crippen LogP contribution in [0.25, 0.3) is 22.8 Å². The van der Waals surface area contributed by atoms with Gasteiger partial charge in [0.2, 0.25) is 5.82 Å².